The zero-order valence-electron chi connectivity index (χ0n) is 13.8. The molecule has 0 spiro atoms. The average Bonchev–Trinajstić information content (AvgIpc) is 2.57. The third kappa shape index (κ3) is 5.46. The first-order valence-electron chi connectivity index (χ1n) is 7.46. The number of aryl methyl sites for hydroxylation is 1. The quantitative estimate of drug-likeness (QED) is 0.793. The minimum absolute atomic E-state index is 0.0832. The molecule has 2 aromatic carbocycles. The van der Waals surface area contributed by atoms with Crippen LogP contribution in [0, 0.1) is 19.7 Å². The fourth-order valence-corrected chi connectivity index (χ4v) is 2.16. The Hall–Kier alpha value is -2.60. The maximum absolute atomic E-state index is 13.5. The van der Waals surface area contributed by atoms with E-state index in [-0.39, 0.29) is 17.3 Å². The molecule has 25 heavy (non-hydrogen) atoms. The smallest absolute Gasteiger partial charge is 0.344 e. The number of rotatable bonds is 6. The molecule has 0 bridgehead atoms. The summed E-state index contributed by atoms with van der Waals surface area (Å²) in [5, 5.41) is 2.55. The Balaban J connectivity index is 1.80. The van der Waals surface area contributed by atoms with Crippen molar-refractivity contribution >= 4 is 29.2 Å². The number of benzene rings is 2. The molecule has 0 unspecified atom stereocenters. The number of carbonyl (C=O) groups excluding carboxylic acids is 2. The number of esters is 1. The van der Waals surface area contributed by atoms with E-state index in [1.807, 2.05) is 26.0 Å². The van der Waals surface area contributed by atoms with Crippen LogP contribution in [0.4, 0.5) is 10.1 Å². The second-order valence-electron chi connectivity index (χ2n) is 5.32. The molecule has 0 heterocycles. The molecule has 5 nitrogen and oxygen atoms in total. The minimum atomic E-state index is -0.706. The molecule has 1 amide bonds. The normalized spacial score (nSPS) is 10.2. The molecular weight excluding hydrogens is 349 g/mol. The summed E-state index contributed by atoms with van der Waals surface area (Å²) in [6, 6.07) is 9.24. The lowest BCUT2D eigenvalue weighted by molar-refractivity contribution is -0.149. The fraction of sp³-hybridized carbons (Fsp3) is 0.222. The third-order valence-electron chi connectivity index (χ3n) is 3.47. The van der Waals surface area contributed by atoms with E-state index in [0.29, 0.717) is 5.75 Å². The van der Waals surface area contributed by atoms with Gasteiger partial charge in [0.1, 0.15) is 11.6 Å². The summed E-state index contributed by atoms with van der Waals surface area (Å²) < 4.78 is 23.7. The summed E-state index contributed by atoms with van der Waals surface area (Å²) >= 11 is 5.73. The van der Waals surface area contributed by atoms with Crippen molar-refractivity contribution in [1.82, 2.24) is 0 Å². The predicted molar refractivity (Wildman–Crippen MR) is 92.4 cm³/mol. The largest absolute Gasteiger partial charge is 0.482 e. The van der Waals surface area contributed by atoms with Crippen LogP contribution in [0.5, 0.6) is 5.75 Å². The SMILES string of the molecule is Cc1cccc(OCC(=O)OCC(=O)Nc2cc(Cl)ccc2F)c1C. The van der Waals surface area contributed by atoms with Crippen molar-refractivity contribution in [3.05, 3.63) is 58.4 Å². The van der Waals surface area contributed by atoms with Crippen molar-refractivity contribution in [2.24, 2.45) is 0 Å². The highest BCUT2D eigenvalue weighted by Crippen LogP contribution is 2.21. The zero-order chi connectivity index (χ0) is 18.4. The molecule has 7 heteroatoms. The molecule has 0 atom stereocenters. The predicted octanol–water partition coefficient (Wildman–Crippen LogP) is 3.66. The maximum atomic E-state index is 13.5. The first-order chi connectivity index (χ1) is 11.9. The van der Waals surface area contributed by atoms with Crippen molar-refractivity contribution in [3.63, 3.8) is 0 Å². The van der Waals surface area contributed by atoms with Gasteiger partial charge in [-0.25, -0.2) is 9.18 Å². The second-order valence-corrected chi connectivity index (χ2v) is 5.76. The van der Waals surface area contributed by atoms with Crippen molar-refractivity contribution in [1.29, 1.82) is 0 Å². The number of ether oxygens (including phenoxy) is 2. The van der Waals surface area contributed by atoms with E-state index >= 15 is 0 Å². The molecule has 0 saturated carbocycles. The zero-order valence-corrected chi connectivity index (χ0v) is 14.5. The van der Waals surface area contributed by atoms with E-state index in [9.17, 15) is 14.0 Å². The Kier molecular flexibility index (Phi) is 6.36. The Labute approximate surface area is 149 Å². The van der Waals surface area contributed by atoms with E-state index in [1.165, 1.54) is 12.1 Å². The van der Waals surface area contributed by atoms with Gasteiger partial charge in [0.05, 0.1) is 5.69 Å². The van der Waals surface area contributed by atoms with Crippen molar-refractivity contribution in [3.8, 4) is 5.75 Å². The van der Waals surface area contributed by atoms with Crippen LogP contribution < -0.4 is 10.1 Å². The molecule has 2 aromatic rings. The van der Waals surface area contributed by atoms with Gasteiger partial charge in [0.2, 0.25) is 0 Å². The summed E-state index contributed by atoms with van der Waals surface area (Å²) in [6.45, 7) is 2.92. The summed E-state index contributed by atoms with van der Waals surface area (Å²) in [4.78, 5) is 23.4. The van der Waals surface area contributed by atoms with E-state index in [1.54, 1.807) is 6.07 Å². The number of halogens is 2. The van der Waals surface area contributed by atoms with Crippen LogP contribution in [-0.2, 0) is 14.3 Å². The first kappa shape index (κ1) is 18.7. The van der Waals surface area contributed by atoms with Crippen LogP contribution in [0.3, 0.4) is 0 Å². The van der Waals surface area contributed by atoms with Gasteiger partial charge in [-0.05, 0) is 49.2 Å². The fourth-order valence-electron chi connectivity index (χ4n) is 1.98. The second kappa shape index (κ2) is 8.48. The van der Waals surface area contributed by atoms with Gasteiger partial charge in [-0.15, -0.1) is 0 Å². The number of amides is 1. The Morgan fingerprint density at radius 1 is 1.16 bits per heavy atom. The average molecular weight is 366 g/mol. The van der Waals surface area contributed by atoms with Gasteiger partial charge in [0.15, 0.2) is 13.2 Å². The third-order valence-corrected chi connectivity index (χ3v) is 3.70. The van der Waals surface area contributed by atoms with Crippen molar-refractivity contribution < 1.29 is 23.5 Å². The number of hydrogen-bond acceptors (Lipinski definition) is 4. The molecule has 0 aliphatic carbocycles. The first-order valence-corrected chi connectivity index (χ1v) is 7.84. The molecule has 0 fully saturated rings. The highest BCUT2D eigenvalue weighted by Gasteiger charge is 2.12. The molecule has 132 valence electrons. The van der Waals surface area contributed by atoms with E-state index < -0.39 is 24.3 Å². The molecule has 1 N–H and O–H groups in total. The molecule has 0 aliphatic rings. The van der Waals surface area contributed by atoms with Gasteiger partial charge in [-0.2, -0.15) is 0 Å². The Bertz CT molecular complexity index is 795. The maximum Gasteiger partial charge on any atom is 0.344 e. The van der Waals surface area contributed by atoms with E-state index in [4.69, 9.17) is 21.1 Å². The van der Waals surface area contributed by atoms with Gasteiger partial charge in [-0.1, -0.05) is 23.7 Å². The molecule has 0 aliphatic heterocycles. The summed E-state index contributed by atoms with van der Waals surface area (Å²) in [6.07, 6.45) is 0. The molecular formula is C18H17ClFNO4. The number of anilines is 1. The molecule has 0 saturated heterocycles. The van der Waals surface area contributed by atoms with E-state index in [0.717, 1.165) is 17.2 Å². The van der Waals surface area contributed by atoms with Crippen LogP contribution in [0.2, 0.25) is 5.02 Å². The summed E-state index contributed by atoms with van der Waals surface area (Å²) in [5.74, 6) is -1.45. The van der Waals surface area contributed by atoms with Crippen LogP contribution in [0.15, 0.2) is 36.4 Å². The molecule has 0 radical (unpaired) electrons. The lowest BCUT2D eigenvalue weighted by atomic mass is 10.1. The number of hydrogen-bond donors (Lipinski definition) is 1. The van der Waals surface area contributed by atoms with Crippen LogP contribution in [0.1, 0.15) is 11.1 Å². The lowest BCUT2D eigenvalue weighted by Gasteiger charge is -2.11. The monoisotopic (exact) mass is 365 g/mol. The Morgan fingerprint density at radius 3 is 2.68 bits per heavy atom. The highest BCUT2D eigenvalue weighted by atomic mass is 35.5. The number of carbonyl (C=O) groups is 2. The lowest BCUT2D eigenvalue weighted by Crippen LogP contribution is -2.24. The van der Waals surface area contributed by atoms with Gasteiger partial charge in [0.25, 0.3) is 5.91 Å². The summed E-state index contributed by atoms with van der Waals surface area (Å²) in [5.41, 5.74) is 1.87. The van der Waals surface area contributed by atoms with Crippen LogP contribution in [0.25, 0.3) is 0 Å². The standard InChI is InChI=1S/C18H17ClFNO4/c1-11-4-3-5-16(12(11)2)24-10-18(23)25-9-17(22)21-15-8-13(19)6-7-14(15)20/h3-8H,9-10H2,1-2H3,(H,21,22). The number of nitrogens with one attached hydrogen (secondary N) is 1. The van der Waals surface area contributed by atoms with Crippen molar-refractivity contribution in [2.45, 2.75) is 13.8 Å². The van der Waals surface area contributed by atoms with Gasteiger partial charge in [-0.3, -0.25) is 4.79 Å². The van der Waals surface area contributed by atoms with Crippen LogP contribution >= 0.6 is 11.6 Å². The van der Waals surface area contributed by atoms with Gasteiger partial charge >= 0.3 is 5.97 Å². The van der Waals surface area contributed by atoms with E-state index in [2.05, 4.69) is 5.32 Å². The van der Waals surface area contributed by atoms with Crippen molar-refractivity contribution in [2.75, 3.05) is 18.5 Å². The van der Waals surface area contributed by atoms with Crippen LogP contribution in [-0.4, -0.2) is 25.1 Å². The van der Waals surface area contributed by atoms with Gasteiger partial charge in [0, 0.05) is 5.02 Å². The topological polar surface area (TPSA) is 64.6 Å². The summed E-state index contributed by atoms with van der Waals surface area (Å²) in [7, 11) is 0. The molecule has 2 rings (SSSR count). The minimum Gasteiger partial charge on any atom is -0.482 e. The highest BCUT2D eigenvalue weighted by molar-refractivity contribution is 6.30. The Morgan fingerprint density at radius 2 is 1.92 bits per heavy atom. The van der Waals surface area contributed by atoms with Gasteiger partial charge < -0.3 is 14.8 Å². The molecule has 0 aromatic heterocycles.